The average molecular weight is 1050 g/mol. The molecule has 5 heteroatoms. The topological polar surface area (TPSA) is 41.4 Å². The number of halogens is 1. The first kappa shape index (κ1) is 45.9. The van der Waals surface area contributed by atoms with Gasteiger partial charge in [0.15, 0.2) is 0 Å². The minimum Gasteiger partial charge on any atom is -0.354 e. The van der Waals surface area contributed by atoms with Crippen LogP contribution in [0.2, 0.25) is 0 Å². The third kappa shape index (κ3) is 8.25. The van der Waals surface area contributed by atoms with E-state index in [1.807, 2.05) is 6.07 Å². The molecular weight excluding hydrogens is 1000 g/mol. The number of nitrogens with one attached hydrogen (secondary N) is 2. The fraction of sp³-hybridized carbons (Fsp3) is 0. The van der Waals surface area contributed by atoms with Crippen molar-refractivity contribution in [3.63, 3.8) is 0 Å². The Bertz CT molecular complexity index is 4490. The number of fused-ring (bicyclic) bond motifs is 14. The van der Waals surface area contributed by atoms with Crippen molar-refractivity contribution < 1.29 is 0 Å². The molecule has 0 saturated heterocycles. The van der Waals surface area contributed by atoms with Crippen molar-refractivity contribution in [2.24, 2.45) is 0 Å². The largest absolute Gasteiger partial charge is 0.354 e. The van der Waals surface area contributed by atoms with Crippen LogP contribution in [0.1, 0.15) is 0 Å². The van der Waals surface area contributed by atoms with Crippen LogP contribution in [0.25, 0.3) is 132 Å². The first-order valence-electron chi connectivity index (χ1n) is 26.1. The molecule has 16 rings (SSSR count). The SMILES string of the molecule is Brc1ccc(-c2ccccc2)cc1.c1ccc(-c2ccc(-n3c4ccccc4c4c5c6ccccc6n(-c6ccc(-c7ccccc7)cc6)c5ccc43)cc2)cc1.c1ccc2c(c1)[nH]c1ccc3[nH]c4ccccc4c3c12. The number of nitrogens with zero attached hydrogens (tertiary/aromatic N) is 2. The molecule has 12 aromatic carbocycles. The Morgan fingerprint density at radius 3 is 0.922 bits per heavy atom. The van der Waals surface area contributed by atoms with E-state index in [9.17, 15) is 0 Å². The van der Waals surface area contributed by atoms with Gasteiger partial charge in [-0.3, -0.25) is 0 Å². The van der Waals surface area contributed by atoms with E-state index < -0.39 is 0 Å². The van der Waals surface area contributed by atoms with Crippen molar-refractivity contribution >= 4 is 103 Å². The summed E-state index contributed by atoms with van der Waals surface area (Å²) in [6, 6.07) is 101. The second kappa shape index (κ2) is 19.5. The number of aromatic nitrogens is 4. The van der Waals surface area contributed by atoms with Gasteiger partial charge in [-0.15, -0.1) is 0 Å². The quantitative estimate of drug-likeness (QED) is 0.173. The molecule has 2 N–H and O–H groups in total. The Morgan fingerprint density at radius 1 is 0.221 bits per heavy atom. The van der Waals surface area contributed by atoms with Crippen molar-refractivity contribution in [2.75, 3.05) is 0 Å². The van der Waals surface area contributed by atoms with Gasteiger partial charge in [-0.05, 0) is 118 Å². The molecule has 0 atom stereocenters. The van der Waals surface area contributed by atoms with Crippen LogP contribution in [-0.4, -0.2) is 19.1 Å². The number of hydrogen-bond acceptors (Lipinski definition) is 0. The van der Waals surface area contributed by atoms with Crippen molar-refractivity contribution in [3.05, 3.63) is 290 Å². The fourth-order valence-electron chi connectivity index (χ4n) is 11.5. The number of hydrogen-bond donors (Lipinski definition) is 2. The lowest BCUT2D eigenvalue weighted by Crippen LogP contribution is -1.95. The molecule has 0 saturated carbocycles. The average Bonchev–Trinajstić information content (AvgIpc) is 4.32. The molecule has 4 heterocycles. The summed E-state index contributed by atoms with van der Waals surface area (Å²) in [4.78, 5) is 7.02. The molecule has 0 amide bonds. The second-order valence-electron chi connectivity index (χ2n) is 19.5. The zero-order chi connectivity index (χ0) is 51.2. The fourth-order valence-corrected chi connectivity index (χ4v) is 11.8. The minimum atomic E-state index is 1.12. The van der Waals surface area contributed by atoms with Crippen LogP contribution < -0.4 is 0 Å². The number of benzene rings is 12. The molecule has 0 bridgehead atoms. The van der Waals surface area contributed by atoms with Gasteiger partial charge in [0.25, 0.3) is 0 Å². The highest BCUT2D eigenvalue weighted by Gasteiger charge is 2.21. The van der Waals surface area contributed by atoms with Crippen LogP contribution in [-0.2, 0) is 0 Å². The van der Waals surface area contributed by atoms with Crippen molar-refractivity contribution in [2.45, 2.75) is 0 Å². The van der Waals surface area contributed by atoms with Crippen LogP contribution in [0.4, 0.5) is 0 Å². The summed E-state index contributed by atoms with van der Waals surface area (Å²) >= 11 is 3.42. The molecule has 0 unspecified atom stereocenters. The van der Waals surface area contributed by atoms with Crippen LogP contribution in [0, 0.1) is 0 Å². The van der Waals surface area contributed by atoms with Crippen LogP contribution in [0.15, 0.2) is 290 Å². The minimum absolute atomic E-state index is 1.12. The molecule has 364 valence electrons. The Kier molecular flexibility index (Phi) is 11.7. The number of aromatic amines is 2. The third-order valence-corrected chi connectivity index (χ3v) is 15.6. The van der Waals surface area contributed by atoms with Gasteiger partial charge in [0, 0.05) is 81.0 Å². The van der Waals surface area contributed by atoms with Gasteiger partial charge < -0.3 is 19.1 Å². The predicted octanol–water partition coefficient (Wildman–Crippen LogP) is 20.3. The highest BCUT2D eigenvalue weighted by molar-refractivity contribution is 9.10. The van der Waals surface area contributed by atoms with E-state index in [-0.39, 0.29) is 0 Å². The van der Waals surface area contributed by atoms with E-state index in [1.165, 1.54) is 121 Å². The maximum absolute atomic E-state index is 3.51. The molecular formula is C72H49BrN4. The smallest absolute Gasteiger partial charge is 0.0548 e. The van der Waals surface area contributed by atoms with Crippen LogP contribution in [0.3, 0.4) is 0 Å². The lowest BCUT2D eigenvalue weighted by atomic mass is 10.1. The number of rotatable bonds is 5. The molecule has 4 aromatic heterocycles. The molecule has 0 aliphatic rings. The molecule has 0 spiro atoms. The molecule has 0 aliphatic carbocycles. The summed E-state index contributed by atoms with van der Waals surface area (Å²) in [5.74, 6) is 0. The number of H-pyrrole nitrogens is 2. The summed E-state index contributed by atoms with van der Waals surface area (Å²) in [6.45, 7) is 0. The highest BCUT2D eigenvalue weighted by atomic mass is 79.9. The maximum atomic E-state index is 3.51. The lowest BCUT2D eigenvalue weighted by Gasteiger charge is -2.11. The molecule has 4 nitrogen and oxygen atoms in total. The first-order valence-corrected chi connectivity index (χ1v) is 26.9. The van der Waals surface area contributed by atoms with Crippen LogP contribution in [0.5, 0.6) is 0 Å². The Balaban J connectivity index is 0.000000133. The summed E-state index contributed by atoms with van der Waals surface area (Å²) in [5, 5.41) is 10.3. The van der Waals surface area contributed by atoms with Gasteiger partial charge in [-0.1, -0.05) is 216 Å². The first-order chi connectivity index (χ1) is 38.1. The predicted molar refractivity (Wildman–Crippen MR) is 331 cm³/mol. The molecule has 77 heavy (non-hydrogen) atoms. The maximum Gasteiger partial charge on any atom is 0.0548 e. The van der Waals surface area contributed by atoms with E-state index in [4.69, 9.17) is 0 Å². The summed E-state index contributed by atoms with van der Waals surface area (Å²) in [7, 11) is 0. The normalized spacial score (nSPS) is 11.4. The van der Waals surface area contributed by atoms with E-state index in [0.717, 1.165) is 15.8 Å². The van der Waals surface area contributed by atoms with Crippen LogP contribution >= 0.6 is 15.9 Å². The number of para-hydroxylation sites is 4. The van der Waals surface area contributed by atoms with E-state index >= 15 is 0 Å². The van der Waals surface area contributed by atoms with Gasteiger partial charge in [-0.25, -0.2) is 0 Å². The molecule has 0 radical (unpaired) electrons. The van der Waals surface area contributed by atoms with Gasteiger partial charge >= 0.3 is 0 Å². The zero-order valence-electron chi connectivity index (χ0n) is 41.9. The lowest BCUT2D eigenvalue weighted by molar-refractivity contribution is 1.17. The summed E-state index contributed by atoms with van der Waals surface area (Å²) in [6.07, 6.45) is 0. The van der Waals surface area contributed by atoms with Crippen molar-refractivity contribution in [3.8, 4) is 44.8 Å². The van der Waals surface area contributed by atoms with E-state index in [0.29, 0.717) is 0 Å². The standard InChI is InChI=1S/C42H28N2.C18H12N2.C12H9Br/c1-3-11-29(12-4-1)31-19-23-33(24-20-31)43-37-17-9-7-15-35(37)41-39(43)27-28-40-42(41)36-16-8-10-18-38(36)44(40)34-25-21-32(22-26-34)30-13-5-2-6-14-30;1-3-7-13-11(5-1)17-15(19-13)9-10-16-18(17)12-6-2-4-8-14(12)20-16;13-12-8-6-11(7-9-12)10-4-2-1-3-5-10/h1-28H;1-10,19-20H;1-9H. The summed E-state index contributed by atoms with van der Waals surface area (Å²) < 4.78 is 5.95. The summed E-state index contributed by atoms with van der Waals surface area (Å²) in [5.41, 5.74) is 19.4. The van der Waals surface area contributed by atoms with Gasteiger partial charge in [0.05, 0.1) is 22.1 Å². The Hall–Kier alpha value is -9.68. The zero-order valence-corrected chi connectivity index (χ0v) is 43.5. The molecule has 0 aliphatic heterocycles. The van der Waals surface area contributed by atoms with E-state index in [2.05, 4.69) is 314 Å². The van der Waals surface area contributed by atoms with Gasteiger partial charge in [0.1, 0.15) is 0 Å². The van der Waals surface area contributed by atoms with Gasteiger partial charge in [-0.2, -0.15) is 0 Å². The molecule has 16 aromatic rings. The highest BCUT2D eigenvalue weighted by Crippen LogP contribution is 2.43. The second-order valence-corrected chi connectivity index (χ2v) is 20.4. The van der Waals surface area contributed by atoms with E-state index in [1.54, 1.807) is 0 Å². The van der Waals surface area contributed by atoms with Gasteiger partial charge in [0.2, 0.25) is 0 Å². The van der Waals surface area contributed by atoms with Crippen molar-refractivity contribution in [1.82, 2.24) is 19.1 Å². The van der Waals surface area contributed by atoms with Crippen molar-refractivity contribution in [1.29, 1.82) is 0 Å². The Morgan fingerprint density at radius 2 is 0.532 bits per heavy atom. The monoisotopic (exact) mass is 1050 g/mol. The molecule has 0 fully saturated rings. The third-order valence-electron chi connectivity index (χ3n) is 15.0. The Labute approximate surface area is 453 Å².